The average molecular weight is 305 g/mol. The standard InChI is InChI=1S/C20H23N3/c1-14-5-7-15(8-6-14)22-23-16-9-10-18-17(13-16)19(21-4)11-12-20(18,2)3/h5-10,13H,11-12H2,1-4H3. The highest BCUT2D eigenvalue weighted by molar-refractivity contribution is 6.03. The molecule has 0 heterocycles. The molecule has 0 bridgehead atoms. The smallest absolute Gasteiger partial charge is 0.0863 e. The second-order valence-corrected chi connectivity index (χ2v) is 6.82. The Labute approximate surface area is 138 Å². The van der Waals surface area contributed by atoms with Crippen molar-refractivity contribution in [1.82, 2.24) is 0 Å². The SMILES string of the molecule is CN=C1CCC(C)(C)c2ccc(N=Nc3ccc(C)cc3)cc21. The molecule has 1 aliphatic rings. The maximum absolute atomic E-state index is 4.47. The number of nitrogens with zero attached hydrogens (tertiary/aromatic N) is 3. The molecule has 0 fully saturated rings. The molecule has 0 amide bonds. The van der Waals surface area contributed by atoms with Gasteiger partial charge in [-0.3, -0.25) is 4.99 Å². The normalized spacial score (nSPS) is 18.3. The van der Waals surface area contributed by atoms with Crippen LogP contribution in [-0.2, 0) is 5.41 Å². The maximum atomic E-state index is 4.47. The maximum Gasteiger partial charge on any atom is 0.0863 e. The van der Waals surface area contributed by atoms with Crippen LogP contribution in [0.3, 0.4) is 0 Å². The lowest BCUT2D eigenvalue weighted by atomic mass is 9.72. The number of aryl methyl sites for hydroxylation is 1. The Bertz CT molecular complexity index is 768. The van der Waals surface area contributed by atoms with E-state index in [0.29, 0.717) is 0 Å². The largest absolute Gasteiger partial charge is 0.292 e. The molecule has 23 heavy (non-hydrogen) atoms. The van der Waals surface area contributed by atoms with Crippen molar-refractivity contribution < 1.29 is 0 Å². The minimum atomic E-state index is 0.191. The van der Waals surface area contributed by atoms with E-state index in [1.165, 1.54) is 22.4 Å². The van der Waals surface area contributed by atoms with Gasteiger partial charge in [-0.05, 0) is 55.0 Å². The first-order valence-corrected chi connectivity index (χ1v) is 8.08. The zero-order valence-corrected chi connectivity index (χ0v) is 14.3. The van der Waals surface area contributed by atoms with Gasteiger partial charge in [-0.15, -0.1) is 0 Å². The third-order valence-corrected chi connectivity index (χ3v) is 4.61. The Hall–Kier alpha value is -2.29. The van der Waals surface area contributed by atoms with Gasteiger partial charge >= 0.3 is 0 Å². The highest BCUT2D eigenvalue weighted by atomic mass is 15.1. The Morgan fingerprint density at radius 3 is 2.26 bits per heavy atom. The van der Waals surface area contributed by atoms with Gasteiger partial charge in [0.15, 0.2) is 0 Å². The van der Waals surface area contributed by atoms with Gasteiger partial charge < -0.3 is 0 Å². The van der Waals surface area contributed by atoms with Gasteiger partial charge in [-0.1, -0.05) is 37.6 Å². The molecule has 3 heteroatoms. The fraction of sp³-hybridized carbons (Fsp3) is 0.350. The molecular formula is C20H23N3. The predicted molar refractivity (Wildman–Crippen MR) is 96.5 cm³/mol. The van der Waals surface area contributed by atoms with Crippen LogP contribution in [-0.4, -0.2) is 12.8 Å². The summed E-state index contributed by atoms with van der Waals surface area (Å²) < 4.78 is 0. The third kappa shape index (κ3) is 3.24. The lowest BCUT2D eigenvalue weighted by Crippen LogP contribution is -2.27. The van der Waals surface area contributed by atoms with E-state index in [1.54, 1.807) is 0 Å². The van der Waals surface area contributed by atoms with E-state index in [0.717, 1.165) is 24.2 Å². The molecule has 0 unspecified atom stereocenters. The van der Waals surface area contributed by atoms with Gasteiger partial charge in [0.05, 0.1) is 11.4 Å². The van der Waals surface area contributed by atoms with Crippen molar-refractivity contribution in [3.63, 3.8) is 0 Å². The number of hydrogen-bond donors (Lipinski definition) is 0. The van der Waals surface area contributed by atoms with Crippen molar-refractivity contribution in [2.75, 3.05) is 7.05 Å². The first-order chi connectivity index (χ1) is 11.0. The van der Waals surface area contributed by atoms with Crippen molar-refractivity contribution in [1.29, 1.82) is 0 Å². The molecule has 1 aliphatic carbocycles. The average Bonchev–Trinajstić information content (AvgIpc) is 2.54. The van der Waals surface area contributed by atoms with Gasteiger partial charge in [0, 0.05) is 18.3 Å². The van der Waals surface area contributed by atoms with Gasteiger partial charge in [0.1, 0.15) is 0 Å². The van der Waals surface area contributed by atoms with Gasteiger partial charge in [0.2, 0.25) is 0 Å². The van der Waals surface area contributed by atoms with E-state index < -0.39 is 0 Å². The molecule has 0 N–H and O–H groups in total. The molecule has 0 saturated heterocycles. The molecule has 2 aromatic carbocycles. The summed E-state index contributed by atoms with van der Waals surface area (Å²) in [4.78, 5) is 4.47. The third-order valence-electron chi connectivity index (χ3n) is 4.61. The Balaban J connectivity index is 1.95. The van der Waals surface area contributed by atoms with Crippen molar-refractivity contribution in [2.45, 2.75) is 39.0 Å². The molecule has 0 saturated carbocycles. The van der Waals surface area contributed by atoms with Crippen LogP contribution in [0.25, 0.3) is 0 Å². The second kappa shape index (κ2) is 6.07. The Kier molecular flexibility index (Phi) is 4.12. The fourth-order valence-electron chi connectivity index (χ4n) is 3.08. The van der Waals surface area contributed by atoms with Crippen molar-refractivity contribution in [2.24, 2.45) is 15.2 Å². The summed E-state index contributed by atoms with van der Waals surface area (Å²) >= 11 is 0. The molecule has 0 aromatic heterocycles. The monoisotopic (exact) mass is 305 g/mol. The molecule has 2 aromatic rings. The van der Waals surface area contributed by atoms with Crippen molar-refractivity contribution in [3.05, 3.63) is 59.2 Å². The molecule has 3 rings (SSSR count). The van der Waals surface area contributed by atoms with Crippen LogP contribution in [0.15, 0.2) is 57.7 Å². The van der Waals surface area contributed by atoms with Gasteiger partial charge in [-0.25, -0.2) is 0 Å². The van der Waals surface area contributed by atoms with Crippen LogP contribution in [0.1, 0.15) is 43.4 Å². The number of hydrogen-bond acceptors (Lipinski definition) is 3. The first-order valence-electron chi connectivity index (χ1n) is 8.08. The highest BCUT2D eigenvalue weighted by Crippen LogP contribution is 2.38. The van der Waals surface area contributed by atoms with Crippen LogP contribution in [0.5, 0.6) is 0 Å². The lowest BCUT2D eigenvalue weighted by molar-refractivity contribution is 0.480. The fourth-order valence-corrected chi connectivity index (χ4v) is 3.08. The summed E-state index contributed by atoms with van der Waals surface area (Å²) in [5, 5.41) is 8.74. The second-order valence-electron chi connectivity index (χ2n) is 6.82. The van der Waals surface area contributed by atoms with E-state index in [4.69, 9.17) is 0 Å². The Morgan fingerprint density at radius 1 is 0.913 bits per heavy atom. The zero-order chi connectivity index (χ0) is 16.4. The van der Waals surface area contributed by atoms with Crippen LogP contribution < -0.4 is 0 Å². The molecule has 118 valence electrons. The van der Waals surface area contributed by atoms with Gasteiger partial charge in [0.25, 0.3) is 0 Å². The Morgan fingerprint density at radius 2 is 1.57 bits per heavy atom. The minimum absolute atomic E-state index is 0.191. The molecule has 0 aliphatic heterocycles. The number of fused-ring (bicyclic) bond motifs is 1. The predicted octanol–water partition coefficient (Wildman–Crippen LogP) is 5.90. The minimum Gasteiger partial charge on any atom is -0.292 e. The summed E-state index contributed by atoms with van der Waals surface area (Å²) in [7, 11) is 1.87. The summed E-state index contributed by atoms with van der Waals surface area (Å²) in [5.41, 5.74) is 6.93. The first kappa shape index (κ1) is 15.6. The summed E-state index contributed by atoms with van der Waals surface area (Å²) in [5.74, 6) is 0. The van der Waals surface area contributed by atoms with E-state index >= 15 is 0 Å². The van der Waals surface area contributed by atoms with E-state index in [-0.39, 0.29) is 5.41 Å². The molecule has 0 spiro atoms. The van der Waals surface area contributed by atoms with Gasteiger partial charge in [-0.2, -0.15) is 10.2 Å². The number of aliphatic imine (C=N–C) groups is 1. The summed E-state index contributed by atoms with van der Waals surface area (Å²) in [6.45, 7) is 6.66. The topological polar surface area (TPSA) is 37.1 Å². The highest BCUT2D eigenvalue weighted by Gasteiger charge is 2.30. The number of benzene rings is 2. The van der Waals surface area contributed by atoms with Crippen LogP contribution in [0, 0.1) is 6.92 Å². The summed E-state index contributed by atoms with van der Waals surface area (Å²) in [6.07, 6.45) is 2.16. The summed E-state index contributed by atoms with van der Waals surface area (Å²) in [6, 6.07) is 14.4. The molecule has 0 atom stereocenters. The molecule has 3 nitrogen and oxygen atoms in total. The number of rotatable bonds is 2. The van der Waals surface area contributed by atoms with Crippen LogP contribution >= 0.6 is 0 Å². The van der Waals surface area contributed by atoms with E-state index in [2.05, 4.69) is 54.2 Å². The lowest BCUT2D eigenvalue weighted by Gasteiger charge is -2.33. The zero-order valence-electron chi connectivity index (χ0n) is 14.3. The van der Waals surface area contributed by atoms with Crippen LogP contribution in [0.2, 0.25) is 0 Å². The molecular weight excluding hydrogens is 282 g/mol. The molecule has 0 radical (unpaired) electrons. The van der Waals surface area contributed by atoms with E-state index in [9.17, 15) is 0 Å². The van der Waals surface area contributed by atoms with Crippen molar-refractivity contribution in [3.8, 4) is 0 Å². The van der Waals surface area contributed by atoms with E-state index in [1.807, 2.05) is 31.3 Å². The van der Waals surface area contributed by atoms with Crippen molar-refractivity contribution >= 4 is 17.1 Å². The number of azo groups is 1. The quantitative estimate of drug-likeness (QED) is 0.619. The van der Waals surface area contributed by atoms with Crippen LogP contribution in [0.4, 0.5) is 11.4 Å².